The molecule has 1 N–H and O–H groups in total. The standard InChI is InChI=1S/C12H19NO/c1-10-4-5-12(8-11(10)2)9-13(3)6-7-14/h4-5,8,14H,6-7,9H2,1-3H3. The number of aryl methyl sites for hydroxylation is 2. The lowest BCUT2D eigenvalue weighted by molar-refractivity contribution is 0.217. The predicted molar refractivity (Wildman–Crippen MR) is 59.3 cm³/mol. The van der Waals surface area contributed by atoms with E-state index in [1.807, 2.05) is 7.05 Å². The number of rotatable bonds is 4. The van der Waals surface area contributed by atoms with Crippen LogP contribution in [0.15, 0.2) is 18.2 Å². The SMILES string of the molecule is Cc1ccc(CN(C)CCO)cc1C. The highest BCUT2D eigenvalue weighted by atomic mass is 16.3. The summed E-state index contributed by atoms with van der Waals surface area (Å²) in [5, 5.41) is 8.77. The average molecular weight is 193 g/mol. The molecule has 2 nitrogen and oxygen atoms in total. The van der Waals surface area contributed by atoms with E-state index in [0.717, 1.165) is 13.1 Å². The monoisotopic (exact) mass is 193 g/mol. The Morgan fingerprint density at radius 3 is 2.50 bits per heavy atom. The van der Waals surface area contributed by atoms with Crippen LogP contribution >= 0.6 is 0 Å². The van der Waals surface area contributed by atoms with Crippen LogP contribution in [-0.4, -0.2) is 30.2 Å². The molecule has 0 aliphatic rings. The van der Waals surface area contributed by atoms with Gasteiger partial charge in [0.2, 0.25) is 0 Å². The molecule has 0 aliphatic heterocycles. The third-order valence-corrected chi connectivity index (χ3v) is 2.51. The third kappa shape index (κ3) is 3.13. The molecule has 0 radical (unpaired) electrons. The molecule has 0 unspecified atom stereocenters. The van der Waals surface area contributed by atoms with Gasteiger partial charge < -0.3 is 5.11 Å². The number of hydrogen-bond acceptors (Lipinski definition) is 2. The highest BCUT2D eigenvalue weighted by Gasteiger charge is 2.00. The van der Waals surface area contributed by atoms with Gasteiger partial charge in [0.25, 0.3) is 0 Å². The second-order valence-electron chi connectivity index (χ2n) is 3.88. The van der Waals surface area contributed by atoms with Gasteiger partial charge in [-0.05, 0) is 37.6 Å². The molecule has 0 aliphatic carbocycles. The molecule has 0 atom stereocenters. The molecule has 1 aromatic rings. The molecular weight excluding hydrogens is 174 g/mol. The van der Waals surface area contributed by atoms with Crippen LogP contribution in [0.4, 0.5) is 0 Å². The Kier molecular flexibility index (Phi) is 4.11. The van der Waals surface area contributed by atoms with Crippen LogP contribution in [0, 0.1) is 13.8 Å². The lowest BCUT2D eigenvalue weighted by atomic mass is 10.1. The van der Waals surface area contributed by atoms with Crippen LogP contribution in [0.1, 0.15) is 16.7 Å². The summed E-state index contributed by atoms with van der Waals surface area (Å²) in [6.07, 6.45) is 0. The molecule has 0 aromatic heterocycles. The van der Waals surface area contributed by atoms with Gasteiger partial charge in [0, 0.05) is 13.1 Å². The fraction of sp³-hybridized carbons (Fsp3) is 0.500. The average Bonchev–Trinajstić information content (AvgIpc) is 2.12. The maximum atomic E-state index is 8.77. The first-order valence-corrected chi connectivity index (χ1v) is 4.99. The van der Waals surface area contributed by atoms with Crippen molar-refractivity contribution in [2.45, 2.75) is 20.4 Å². The normalized spacial score (nSPS) is 10.9. The van der Waals surface area contributed by atoms with Gasteiger partial charge in [-0.15, -0.1) is 0 Å². The molecule has 0 spiro atoms. The fourth-order valence-corrected chi connectivity index (χ4v) is 1.46. The van der Waals surface area contributed by atoms with Gasteiger partial charge in [0.1, 0.15) is 0 Å². The number of aliphatic hydroxyl groups is 1. The molecule has 0 bridgehead atoms. The van der Waals surface area contributed by atoms with Gasteiger partial charge in [-0.25, -0.2) is 0 Å². The number of likely N-dealkylation sites (N-methyl/N-ethyl adjacent to an activating group) is 1. The van der Waals surface area contributed by atoms with Crippen molar-refractivity contribution in [3.05, 3.63) is 34.9 Å². The second-order valence-corrected chi connectivity index (χ2v) is 3.88. The minimum Gasteiger partial charge on any atom is -0.395 e. The molecular formula is C12H19NO. The van der Waals surface area contributed by atoms with Crippen molar-refractivity contribution in [3.8, 4) is 0 Å². The van der Waals surface area contributed by atoms with E-state index >= 15 is 0 Å². The van der Waals surface area contributed by atoms with E-state index in [9.17, 15) is 0 Å². The summed E-state index contributed by atoms with van der Waals surface area (Å²) in [5.41, 5.74) is 3.97. The molecule has 2 heteroatoms. The highest BCUT2D eigenvalue weighted by Crippen LogP contribution is 2.11. The number of benzene rings is 1. The van der Waals surface area contributed by atoms with Crippen molar-refractivity contribution in [2.75, 3.05) is 20.2 Å². The van der Waals surface area contributed by atoms with Crippen LogP contribution < -0.4 is 0 Å². The molecule has 0 heterocycles. The van der Waals surface area contributed by atoms with Crippen LogP contribution in [0.5, 0.6) is 0 Å². The van der Waals surface area contributed by atoms with Gasteiger partial charge in [-0.2, -0.15) is 0 Å². The first kappa shape index (κ1) is 11.2. The van der Waals surface area contributed by atoms with Crippen molar-refractivity contribution in [1.29, 1.82) is 0 Å². The quantitative estimate of drug-likeness (QED) is 0.787. The minimum absolute atomic E-state index is 0.224. The summed E-state index contributed by atoms with van der Waals surface area (Å²) < 4.78 is 0. The Balaban J connectivity index is 2.63. The lowest BCUT2D eigenvalue weighted by Gasteiger charge is -2.15. The van der Waals surface area contributed by atoms with Gasteiger partial charge in [0.15, 0.2) is 0 Å². The predicted octanol–water partition coefficient (Wildman–Crippen LogP) is 1.73. The van der Waals surface area contributed by atoms with E-state index in [-0.39, 0.29) is 6.61 Å². The highest BCUT2D eigenvalue weighted by molar-refractivity contribution is 5.29. The molecule has 0 saturated heterocycles. The maximum Gasteiger partial charge on any atom is 0.0558 e. The summed E-state index contributed by atoms with van der Waals surface area (Å²) in [7, 11) is 2.02. The first-order valence-electron chi connectivity index (χ1n) is 4.99. The van der Waals surface area contributed by atoms with Crippen LogP contribution in [0.2, 0.25) is 0 Å². The van der Waals surface area contributed by atoms with Crippen molar-refractivity contribution in [3.63, 3.8) is 0 Å². The van der Waals surface area contributed by atoms with Crippen molar-refractivity contribution >= 4 is 0 Å². The Morgan fingerprint density at radius 1 is 1.21 bits per heavy atom. The summed E-state index contributed by atoms with van der Waals surface area (Å²) in [4.78, 5) is 2.12. The Morgan fingerprint density at radius 2 is 1.93 bits per heavy atom. The van der Waals surface area contributed by atoms with Gasteiger partial charge in [-0.3, -0.25) is 4.90 Å². The van der Waals surface area contributed by atoms with Crippen LogP contribution in [0.3, 0.4) is 0 Å². The topological polar surface area (TPSA) is 23.5 Å². The summed E-state index contributed by atoms with van der Waals surface area (Å²) >= 11 is 0. The number of aliphatic hydroxyl groups excluding tert-OH is 1. The van der Waals surface area contributed by atoms with Gasteiger partial charge >= 0.3 is 0 Å². The zero-order chi connectivity index (χ0) is 10.6. The van der Waals surface area contributed by atoms with Gasteiger partial charge in [-0.1, -0.05) is 18.2 Å². The summed E-state index contributed by atoms with van der Waals surface area (Å²) in [5.74, 6) is 0. The Hall–Kier alpha value is -0.860. The van der Waals surface area contributed by atoms with Crippen LogP contribution in [0.25, 0.3) is 0 Å². The molecule has 1 aromatic carbocycles. The van der Waals surface area contributed by atoms with E-state index in [1.54, 1.807) is 0 Å². The van der Waals surface area contributed by atoms with Crippen molar-refractivity contribution in [2.24, 2.45) is 0 Å². The zero-order valence-corrected chi connectivity index (χ0v) is 9.25. The maximum absolute atomic E-state index is 8.77. The molecule has 14 heavy (non-hydrogen) atoms. The summed E-state index contributed by atoms with van der Waals surface area (Å²) in [6, 6.07) is 6.51. The lowest BCUT2D eigenvalue weighted by Crippen LogP contribution is -2.21. The van der Waals surface area contributed by atoms with E-state index in [2.05, 4.69) is 36.9 Å². The minimum atomic E-state index is 0.224. The fourth-order valence-electron chi connectivity index (χ4n) is 1.46. The van der Waals surface area contributed by atoms with Crippen LogP contribution in [-0.2, 0) is 6.54 Å². The Labute approximate surface area is 86.2 Å². The van der Waals surface area contributed by atoms with Gasteiger partial charge in [0.05, 0.1) is 6.61 Å². The van der Waals surface area contributed by atoms with E-state index in [0.29, 0.717) is 0 Å². The van der Waals surface area contributed by atoms with E-state index in [1.165, 1.54) is 16.7 Å². The summed E-state index contributed by atoms with van der Waals surface area (Å²) in [6.45, 7) is 6.11. The molecule has 0 fully saturated rings. The molecule has 1 rings (SSSR count). The molecule has 0 amide bonds. The molecule has 78 valence electrons. The largest absolute Gasteiger partial charge is 0.395 e. The first-order chi connectivity index (χ1) is 6.63. The van der Waals surface area contributed by atoms with Crippen molar-refractivity contribution < 1.29 is 5.11 Å². The molecule has 0 saturated carbocycles. The zero-order valence-electron chi connectivity index (χ0n) is 9.25. The third-order valence-electron chi connectivity index (χ3n) is 2.51. The van der Waals surface area contributed by atoms with E-state index in [4.69, 9.17) is 5.11 Å². The Bertz CT molecular complexity index is 296. The smallest absolute Gasteiger partial charge is 0.0558 e. The number of nitrogens with zero attached hydrogens (tertiary/aromatic N) is 1. The van der Waals surface area contributed by atoms with E-state index < -0.39 is 0 Å². The second kappa shape index (κ2) is 5.13. The van der Waals surface area contributed by atoms with Crippen molar-refractivity contribution in [1.82, 2.24) is 4.90 Å². The number of hydrogen-bond donors (Lipinski definition) is 1.